The van der Waals surface area contributed by atoms with Crippen LogP contribution in [0, 0.1) is 5.41 Å². The first kappa shape index (κ1) is 8.84. The van der Waals surface area contributed by atoms with E-state index in [9.17, 15) is 4.79 Å². The summed E-state index contributed by atoms with van der Waals surface area (Å²) in [5.74, 6) is -0.319. The molecule has 0 saturated carbocycles. The smallest absolute Gasteiger partial charge is 0.227 e. The summed E-state index contributed by atoms with van der Waals surface area (Å²) in [4.78, 5) is 11.0. The summed E-state index contributed by atoms with van der Waals surface area (Å²) in [6.07, 6.45) is 5.22. The van der Waals surface area contributed by atoms with Crippen LogP contribution in [0.4, 0.5) is 0 Å². The molecule has 0 unspecified atom stereocenters. The third kappa shape index (κ3) is 1.49. The monoisotopic (exact) mass is 167 g/mol. The minimum absolute atomic E-state index is 0.319. The van der Waals surface area contributed by atoms with E-state index in [0.29, 0.717) is 6.61 Å². The Morgan fingerprint density at radius 2 is 2.33 bits per heavy atom. The van der Waals surface area contributed by atoms with Gasteiger partial charge in [-0.3, -0.25) is 4.79 Å². The lowest BCUT2D eigenvalue weighted by molar-refractivity contribution is -0.124. The van der Waals surface area contributed by atoms with E-state index in [1.165, 1.54) is 0 Å². The van der Waals surface area contributed by atoms with Crippen molar-refractivity contribution in [3.05, 3.63) is 24.0 Å². The van der Waals surface area contributed by atoms with Crippen molar-refractivity contribution in [2.45, 2.75) is 13.8 Å². The molecule has 0 atom stereocenters. The maximum Gasteiger partial charge on any atom is 0.227 e. The molecule has 12 heavy (non-hydrogen) atoms. The Labute approximate surface area is 71.9 Å². The Morgan fingerprint density at radius 1 is 1.67 bits per heavy atom. The molecule has 66 valence electrons. The molecule has 1 aliphatic heterocycles. The van der Waals surface area contributed by atoms with Gasteiger partial charge in [0, 0.05) is 0 Å². The van der Waals surface area contributed by atoms with Crippen molar-refractivity contribution in [2.75, 3.05) is 6.61 Å². The van der Waals surface area contributed by atoms with Gasteiger partial charge >= 0.3 is 0 Å². The van der Waals surface area contributed by atoms with Crippen LogP contribution in [0.15, 0.2) is 24.0 Å². The van der Waals surface area contributed by atoms with Crippen LogP contribution in [0.2, 0.25) is 0 Å². The third-order valence-electron chi connectivity index (χ3n) is 2.08. The van der Waals surface area contributed by atoms with Gasteiger partial charge < -0.3 is 10.5 Å². The number of nitrogens with two attached hydrogens (primary N) is 1. The Kier molecular flexibility index (Phi) is 2.22. The summed E-state index contributed by atoms with van der Waals surface area (Å²) in [6.45, 7) is 4.12. The van der Waals surface area contributed by atoms with E-state index in [1.807, 2.05) is 6.08 Å². The van der Waals surface area contributed by atoms with Crippen LogP contribution in [0.25, 0.3) is 0 Å². The van der Waals surface area contributed by atoms with E-state index < -0.39 is 5.41 Å². The predicted molar refractivity (Wildman–Crippen MR) is 46.2 cm³/mol. The van der Waals surface area contributed by atoms with Gasteiger partial charge in [0.2, 0.25) is 5.91 Å². The number of amides is 1. The van der Waals surface area contributed by atoms with Gasteiger partial charge in [-0.15, -0.1) is 0 Å². The van der Waals surface area contributed by atoms with Crippen LogP contribution < -0.4 is 5.73 Å². The normalized spacial score (nSPS) is 16.7. The lowest BCUT2D eigenvalue weighted by Gasteiger charge is -2.23. The summed E-state index contributed by atoms with van der Waals surface area (Å²) in [5, 5.41) is 0. The average molecular weight is 167 g/mol. The molecule has 1 heterocycles. The highest BCUT2D eigenvalue weighted by Gasteiger charge is 2.28. The zero-order chi connectivity index (χ0) is 9.19. The van der Waals surface area contributed by atoms with Crippen LogP contribution in [0.3, 0.4) is 0 Å². The highest BCUT2D eigenvalue weighted by molar-refractivity contribution is 5.84. The first-order chi connectivity index (χ1) is 5.55. The minimum Gasteiger partial charge on any atom is -0.497 e. The topological polar surface area (TPSA) is 52.3 Å². The van der Waals surface area contributed by atoms with Gasteiger partial charge in [-0.2, -0.15) is 0 Å². The summed E-state index contributed by atoms with van der Waals surface area (Å²) in [5.41, 5.74) is 5.57. The van der Waals surface area contributed by atoms with E-state index in [2.05, 4.69) is 0 Å². The molecule has 0 aliphatic carbocycles. The van der Waals surface area contributed by atoms with Gasteiger partial charge in [0.15, 0.2) is 0 Å². The van der Waals surface area contributed by atoms with E-state index in [-0.39, 0.29) is 5.91 Å². The second-order valence-electron chi connectivity index (χ2n) is 3.28. The Hall–Kier alpha value is -1.25. The number of carbonyl (C=O) groups is 1. The molecule has 0 spiro atoms. The molecular formula is C9H13NO2. The SMILES string of the molecule is CC(C)(C(N)=O)C1=CCOC=C1. The van der Waals surface area contributed by atoms with Crippen LogP contribution in [0.1, 0.15) is 13.8 Å². The number of primary amides is 1. The van der Waals surface area contributed by atoms with Crippen molar-refractivity contribution in [3.8, 4) is 0 Å². The van der Waals surface area contributed by atoms with Crippen LogP contribution >= 0.6 is 0 Å². The van der Waals surface area contributed by atoms with Crippen molar-refractivity contribution in [3.63, 3.8) is 0 Å². The first-order valence-electron chi connectivity index (χ1n) is 3.84. The second-order valence-corrected chi connectivity index (χ2v) is 3.28. The van der Waals surface area contributed by atoms with E-state index >= 15 is 0 Å². The molecule has 0 radical (unpaired) electrons. The molecule has 2 N–H and O–H groups in total. The Morgan fingerprint density at radius 3 is 2.75 bits per heavy atom. The zero-order valence-electron chi connectivity index (χ0n) is 7.33. The third-order valence-corrected chi connectivity index (χ3v) is 2.08. The molecular weight excluding hydrogens is 154 g/mol. The van der Waals surface area contributed by atoms with Crippen LogP contribution in [-0.2, 0) is 9.53 Å². The number of allylic oxidation sites excluding steroid dienone is 1. The molecule has 0 bridgehead atoms. The summed E-state index contributed by atoms with van der Waals surface area (Å²) < 4.78 is 4.97. The summed E-state index contributed by atoms with van der Waals surface area (Å²) in [7, 11) is 0. The number of hydrogen-bond donors (Lipinski definition) is 1. The van der Waals surface area contributed by atoms with E-state index in [1.54, 1.807) is 26.2 Å². The fourth-order valence-corrected chi connectivity index (χ4v) is 0.989. The Balaban J connectivity index is 2.88. The van der Waals surface area contributed by atoms with Gasteiger partial charge in [0.25, 0.3) is 0 Å². The molecule has 0 aromatic heterocycles. The number of carbonyl (C=O) groups excluding carboxylic acids is 1. The van der Waals surface area contributed by atoms with Crippen LogP contribution in [0.5, 0.6) is 0 Å². The van der Waals surface area contributed by atoms with Gasteiger partial charge in [-0.25, -0.2) is 0 Å². The highest BCUT2D eigenvalue weighted by atomic mass is 16.5. The molecule has 0 fully saturated rings. The highest BCUT2D eigenvalue weighted by Crippen LogP contribution is 2.27. The fourth-order valence-electron chi connectivity index (χ4n) is 0.989. The van der Waals surface area contributed by atoms with Gasteiger partial charge in [-0.1, -0.05) is 0 Å². The van der Waals surface area contributed by atoms with Crippen molar-refractivity contribution < 1.29 is 9.53 Å². The van der Waals surface area contributed by atoms with Crippen molar-refractivity contribution in [1.29, 1.82) is 0 Å². The number of rotatable bonds is 2. The minimum atomic E-state index is -0.597. The molecule has 1 aliphatic rings. The molecule has 1 rings (SSSR count). The molecule has 3 heteroatoms. The number of hydrogen-bond acceptors (Lipinski definition) is 2. The predicted octanol–water partition coefficient (Wildman–Crippen LogP) is 0.968. The standard InChI is InChI=1S/C9H13NO2/c1-9(2,8(10)11)7-3-5-12-6-4-7/h3-5H,6H2,1-2H3,(H2,10,11). The second kappa shape index (κ2) is 3.01. The van der Waals surface area contributed by atoms with Crippen molar-refractivity contribution >= 4 is 5.91 Å². The molecule has 0 aromatic carbocycles. The molecule has 3 nitrogen and oxygen atoms in total. The number of ether oxygens (including phenoxy) is 1. The zero-order valence-corrected chi connectivity index (χ0v) is 7.33. The fraction of sp³-hybridized carbons (Fsp3) is 0.444. The maximum absolute atomic E-state index is 11.0. The molecule has 1 amide bonds. The van der Waals surface area contributed by atoms with Crippen LogP contribution in [-0.4, -0.2) is 12.5 Å². The average Bonchev–Trinajstić information content (AvgIpc) is 2.06. The molecule has 0 aromatic rings. The lowest BCUT2D eigenvalue weighted by Crippen LogP contribution is -2.33. The molecule has 0 saturated heterocycles. The first-order valence-corrected chi connectivity index (χ1v) is 3.84. The van der Waals surface area contributed by atoms with E-state index in [4.69, 9.17) is 10.5 Å². The van der Waals surface area contributed by atoms with Gasteiger partial charge in [0.1, 0.15) is 6.61 Å². The largest absolute Gasteiger partial charge is 0.497 e. The maximum atomic E-state index is 11.0. The quantitative estimate of drug-likeness (QED) is 0.666. The van der Waals surface area contributed by atoms with Crippen molar-refractivity contribution in [2.24, 2.45) is 11.1 Å². The summed E-state index contributed by atoms with van der Waals surface area (Å²) >= 11 is 0. The Bertz CT molecular complexity index is 251. The van der Waals surface area contributed by atoms with Gasteiger partial charge in [-0.05, 0) is 31.6 Å². The van der Waals surface area contributed by atoms with Crippen molar-refractivity contribution in [1.82, 2.24) is 0 Å². The summed E-state index contributed by atoms with van der Waals surface area (Å²) in [6, 6.07) is 0. The van der Waals surface area contributed by atoms with Gasteiger partial charge in [0.05, 0.1) is 11.7 Å². The lowest BCUT2D eigenvalue weighted by atomic mass is 9.83. The van der Waals surface area contributed by atoms with E-state index in [0.717, 1.165) is 5.57 Å².